The predicted molar refractivity (Wildman–Crippen MR) is 63.9 cm³/mol. The number of hydrogen-bond donors (Lipinski definition) is 1. The first-order valence-corrected chi connectivity index (χ1v) is 5.50. The molecule has 0 unspecified atom stereocenters. The average Bonchev–Trinajstić information content (AvgIpc) is 2.77. The number of aromatic nitrogens is 3. The molecule has 0 spiro atoms. The molecular formula is C13H10FN3O. The molecule has 0 saturated heterocycles. The van der Waals surface area contributed by atoms with Crippen molar-refractivity contribution in [3.63, 3.8) is 0 Å². The Labute approximate surface area is 102 Å². The summed E-state index contributed by atoms with van der Waals surface area (Å²) >= 11 is 0. The molecular weight excluding hydrogens is 233 g/mol. The summed E-state index contributed by atoms with van der Waals surface area (Å²) in [5.74, 6) is 0.533. The lowest BCUT2D eigenvalue weighted by atomic mass is 10.1. The van der Waals surface area contributed by atoms with Crippen LogP contribution in [-0.2, 0) is 6.42 Å². The zero-order valence-electron chi connectivity index (χ0n) is 9.42. The monoisotopic (exact) mass is 243 g/mol. The Morgan fingerprint density at radius 1 is 1.11 bits per heavy atom. The molecule has 4 nitrogen and oxygen atoms in total. The molecule has 1 aromatic carbocycles. The van der Waals surface area contributed by atoms with Gasteiger partial charge in [-0.15, -0.1) is 10.2 Å². The number of benzene rings is 1. The highest BCUT2D eigenvalue weighted by Crippen LogP contribution is 2.17. The first-order chi connectivity index (χ1) is 8.74. The fraction of sp³-hybridized carbons (Fsp3) is 0.0769. The molecule has 18 heavy (non-hydrogen) atoms. The highest BCUT2D eigenvalue weighted by Gasteiger charge is 2.08. The van der Waals surface area contributed by atoms with Gasteiger partial charge in [-0.25, -0.2) is 4.39 Å². The minimum Gasteiger partial charge on any atom is -0.504 e. The first kappa shape index (κ1) is 10.7. The first-order valence-electron chi connectivity index (χ1n) is 5.50. The van der Waals surface area contributed by atoms with Gasteiger partial charge in [-0.1, -0.05) is 12.1 Å². The van der Waals surface area contributed by atoms with Crippen LogP contribution >= 0.6 is 0 Å². The van der Waals surface area contributed by atoms with E-state index >= 15 is 0 Å². The van der Waals surface area contributed by atoms with Gasteiger partial charge in [0.1, 0.15) is 11.6 Å². The molecule has 0 saturated carbocycles. The van der Waals surface area contributed by atoms with Gasteiger partial charge in [0.25, 0.3) is 0 Å². The van der Waals surface area contributed by atoms with E-state index in [1.807, 2.05) is 0 Å². The SMILES string of the molecule is Oc1cccn2c(Cc3ccc(F)cc3)nnc12. The smallest absolute Gasteiger partial charge is 0.203 e. The van der Waals surface area contributed by atoms with Gasteiger partial charge < -0.3 is 5.11 Å². The molecule has 0 atom stereocenters. The van der Waals surface area contributed by atoms with Crippen LogP contribution in [0.4, 0.5) is 4.39 Å². The Morgan fingerprint density at radius 2 is 1.89 bits per heavy atom. The van der Waals surface area contributed by atoms with Gasteiger partial charge in [0.05, 0.1) is 0 Å². The Balaban J connectivity index is 2.00. The number of nitrogens with zero attached hydrogens (tertiary/aromatic N) is 3. The van der Waals surface area contributed by atoms with Gasteiger partial charge in [0.2, 0.25) is 5.65 Å². The highest BCUT2D eigenvalue weighted by atomic mass is 19.1. The number of halogens is 1. The molecule has 0 aliphatic carbocycles. The van der Waals surface area contributed by atoms with Crippen LogP contribution in [-0.4, -0.2) is 19.7 Å². The highest BCUT2D eigenvalue weighted by molar-refractivity contribution is 5.52. The van der Waals surface area contributed by atoms with Crippen LogP contribution in [0.1, 0.15) is 11.4 Å². The van der Waals surface area contributed by atoms with Gasteiger partial charge in [-0.2, -0.15) is 0 Å². The second-order valence-electron chi connectivity index (χ2n) is 4.01. The van der Waals surface area contributed by atoms with Crippen molar-refractivity contribution in [1.29, 1.82) is 0 Å². The fourth-order valence-corrected chi connectivity index (χ4v) is 1.86. The zero-order chi connectivity index (χ0) is 12.5. The molecule has 0 fully saturated rings. The molecule has 1 N–H and O–H groups in total. The van der Waals surface area contributed by atoms with Gasteiger partial charge in [0, 0.05) is 12.6 Å². The summed E-state index contributed by atoms with van der Waals surface area (Å²) in [6, 6.07) is 9.52. The van der Waals surface area contributed by atoms with E-state index in [0.717, 1.165) is 5.56 Å². The van der Waals surface area contributed by atoms with Crippen molar-refractivity contribution in [2.75, 3.05) is 0 Å². The van der Waals surface area contributed by atoms with Crippen LogP contribution < -0.4 is 0 Å². The van der Waals surface area contributed by atoms with E-state index in [1.165, 1.54) is 12.1 Å². The summed E-state index contributed by atoms with van der Waals surface area (Å²) in [4.78, 5) is 0. The van der Waals surface area contributed by atoms with E-state index in [4.69, 9.17) is 0 Å². The lowest BCUT2D eigenvalue weighted by Crippen LogP contribution is -1.96. The van der Waals surface area contributed by atoms with E-state index in [9.17, 15) is 9.50 Å². The normalized spacial score (nSPS) is 10.9. The molecule has 3 rings (SSSR count). The van der Waals surface area contributed by atoms with Crippen LogP contribution in [0.2, 0.25) is 0 Å². The minimum absolute atomic E-state index is 0.0929. The van der Waals surface area contributed by atoms with Crippen molar-refractivity contribution in [3.8, 4) is 5.75 Å². The Bertz CT molecular complexity index is 691. The third-order valence-electron chi connectivity index (χ3n) is 2.76. The molecule has 90 valence electrons. The summed E-state index contributed by atoms with van der Waals surface area (Å²) in [5, 5.41) is 17.6. The Hall–Kier alpha value is -2.43. The third-order valence-corrected chi connectivity index (χ3v) is 2.76. The van der Waals surface area contributed by atoms with E-state index in [2.05, 4.69) is 10.2 Å². The van der Waals surface area contributed by atoms with E-state index in [0.29, 0.717) is 17.9 Å². The van der Waals surface area contributed by atoms with E-state index < -0.39 is 0 Å². The van der Waals surface area contributed by atoms with Crippen LogP contribution in [0.5, 0.6) is 5.75 Å². The Morgan fingerprint density at radius 3 is 2.67 bits per heavy atom. The average molecular weight is 243 g/mol. The lowest BCUT2D eigenvalue weighted by Gasteiger charge is -2.01. The maximum absolute atomic E-state index is 12.8. The number of aromatic hydroxyl groups is 1. The van der Waals surface area contributed by atoms with Crippen molar-refractivity contribution < 1.29 is 9.50 Å². The Kier molecular flexibility index (Phi) is 2.44. The fourth-order valence-electron chi connectivity index (χ4n) is 1.86. The standard InChI is InChI=1S/C13H10FN3O/c14-10-5-3-9(4-6-10)8-12-15-16-13-11(18)2-1-7-17(12)13/h1-7,18H,8H2. The summed E-state index contributed by atoms with van der Waals surface area (Å²) in [5.41, 5.74) is 1.36. The second kappa shape index (κ2) is 4.10. The van der Waals surface area contributed by atoms with Gasteiger partial charge >= 0.3 is 0 Å². The summed E-state index contributed by atoms with van der Waals surface area (Å²) < 4.78 is 14.5. The van der Waals surface area contributed by atoms with Crippen molar-refractivity contribution in [2.45, 2.75) is 6.42 Å². The molecule has 0 amide bonds. The maximum Gasteiger partial charge on any atom is 0.203 e. The number of hydrogen-bond acceptors (Lipinski definition) is 3. The van der Waals surface area contributed by atoms with Crippen LogP contribution in [0, 0.1) is 5.82 Å². The second-order valence-corrected chi connectivity index (χ2v) is 4.01. The summed E-state index contributed by atoms with van der Waals surface area (Å²) in [6.07, 6.45) is 2.32. The van der Waals surface area contributed by atoms with Crippen molar-refractivity contribution >= 4 is 5.65 Å². The van der Waals surface area contributed by atoms with E-state index in [-0.39, 0.29) is 11.6 Å². The van der Waals surface area contributed by atoms with Crippen molar-refractivity contribution in [1.82, 2.24) is 14.6 Å². The zero-order valence-corrected chi connectivity index (χ0v) is 9.42. The summed E-state index contributed by atoms with van der Waals surface area (Å²) in [7, 11) is 0. The maximum atomic E-state index is 12.8. The van der Waals surface area contributed by atoms with Gasteiger partial charge in [-0.05, 0) is 29.8 Å². The van der Waals surface area contributed by atoms with Crippen molar-refractivity contribution in [2.24, 2.45) is 0 Å². The molecule has 0 radical (unpaired) electrons. The topological polar surface area (TPSA) is 50.4 Å². The molecule has 0 aliphatic rings. The third kappa shape index (κ3) is 1.79. The molecule has 3 aromatic rings. The lowest BCUT2D eigenvalue weighted by molar-refractivity contribution is 0.477. The number of pyridine rings is 1. The predicted octanol–water partition coefficient (Wildman–Crippen LogP) is 2.16. The van der Waals surface area contributed by atoms with Crippen LogP contribution in [0.3, 0.4) is 0 Å². The number of rotatable bonds is 2. The van der Waals surface area contributed by atoms with Gasteiger partial charge in [0.15, 0.2) is 5.75 Å². The molecule has 2 aromatic heterocycles. The van der Waals surface area contributed by atoms with Crippen LogP contribution in [0.25, 0.3) is 5.65 Å². The molecule has 0 bridgehead atoms. The van der Waals surface area contributed by atoms with Gasteiger partial charge in [-0.3, -0.25) is 4.40 Å². The quantitative estimate of drug-likeness (QED) is 0.750. The molecule has 2 heterocycles. The minimum atomic E-state index is -0.262. The number of fused-ring (bicyclic) bond motifs is 1. The molecule has 5 heteroatoms. The van der Waals surface area contributed by atoms with Crippen molar-refractivity contribution in [3.05, 3.63) is 59.8 Å². The van der Waals surface area contributed by atoms with E-state index in [1.54, 1.807) is 34.9 Å². The molecule has 0 aliphatic heterocycles. The van der Waals surface area contributed by atoms with Crippen LogP contribution in [0.15, 0.2) is 42.6 Å². The largest absolute Gasteiger partial charge is 0.504 e. The summed E-state index contributed by atoms with van der Waals surface area (Å²) in [6.45, 7) is 0.